The number of carbonyl (C=O) groups is 1. The second-order valence-corrected chi connectivity index (χ2v) is 8.64. The van der Waals surface area contributed by atoms with Gasteiger partial charge in [-0.2, -0.15) is 5.26 Å². The molecule has 4 rings (SSSR count). The Morgan fingerprint density at radius 3 is 2.60 bits per heavy atom. The molecule has 0 radical (unpaired) electrons. The molecule has 2 aromatic rings. The van der Waals surface area contributed by atoms with Crippen LogP contribution in [0.5, 0.6) is 0 Å². The van der Waals surface area contributed by atoms with Crippen molar-refractivity contribution in [2.75, 3.05) is 19.3 Å². The zero-order chi connectivity index (χ0) is 21.1. The molecule has 30 heavy (non-hydrogen) atoms. The Labute approximate surface area is 181 Å². The quantitative estimate of drug-likeness (QED) is 0.672. The highest BCUT2D eigenvalue weighted by atomic mass is 32.2. The van der Waals surface area contributed by atoms with Gasteiger partial charge in [-0.25, -0.2) is 9.78 Å². The third-order valence-electron chi connectivity index (χ3n) is 6.01. The molecular formula is C23H26N4O2S. The van der Waals surface area contributed by atoms with E-state index in [0.29, 0.717) is 5.56 Å². The van der Waals surface area contributed by atoms with Gasteiger partial charge in [-0.15, -0.1) is 11.8 Å². The number of likely N-dealkylation sites (tertiary alicyclic amines) is 1. The van der Waals surface area contributed by atoms with Crippen molar-refractivity contribution in [3.63, 3.8) is 0 Å². The van der Waals surface area contributed by atoms with Crippen LogP contribution in [0.4, 0.5) is 4.79 Å². The summed E-state index contributed by atoms with van der Waals surface area (Å²) in [5, 5.41) is 9.96. The minimum atomic E-state index is -0.204. The van der Waals surface area contributed by atoms with Crippen molar-refractivity contribution in [2.24, 2.45) is 0 Å². The zero-order valence-corrected chi connectivity index (χ0v) is 18.1. The molecule has 1 aromatic carbocycles. The summed E-state index contributed by atoms with van der Waals surface area (Å²) in [7, 11) is 0. The molecule has 3 heterocycles. The average molecular weight is 423 g/mol. The maximum atomic E-state index is 12.6. The van der Waals surface area contributed by atoms with Gasteiger partial charge in [-0.3, -0.25) is 9.80 Å². The molecule has 6 nitrogen and oxygen atoms in total. The Kier molecular flexibility index (Phi) is 6.26. The van der Waals surface area contributed by atoms with E-state index >= 15 is 0 Å². The molecule has 2 fully saturated rings. The largest absolute Gasteiger partial charge is 0.439 e. The Morgan fingerprint density at radius 1 is 1.20 bits per heavy atom. The lowest BCUT2D eigenvalue weighted by Gasteiger charge is -2.37. The van der Waals surface area contributed by atoms with Crippen molar-refractivity contribution < 1.29 is 9.53 Å². The van der Waals surface area contributed by atoms with Gasteiger partial charge in [-0.05, 0) is 43.7 Å². The highest BCUT2D eigenvalue weighted by molar-refractivity contribution is 7.98. The van der Waals surface area contributed by atoms with E-state index in [2.05, 4.69) is 22.9 Å². The molecule has 2 aliphatic rings. The number of carbonyl (C=O) groups excluding carboxylic acids is 1. The van der Waals surface area contributed by atoms with Crippen molar-refractivity contribution >= 4 is 17.9 Å². The van der Waals surface area contributed by atoms with Gasteiger partial charge in [0, 0.05) is 25.7 Å². The lowest BCUT2D eigenvalue weighted by Crippen LogP contribution is -2.47. The van der Waals surface area contributed by atoms with Crippen molar-refractivity contribution in [1.29, 1.82) is 5.26 Å². The van der Waals surface area contributed by atoms with Crippen LogP contribution in [0.1, 0.15) is 42.7 Å². The van der Waals surface area contributed by atoms with E-state index < -0.39 is 0 Å². The number of ether oxygens (including phenoxy) is 1. The van der Waals surface area contributed by atoms with E-state index in [-0.39, 0.29) is 24.3 Å². The summed E-state index contributed by atoms with van der Waals surface area (Å²) < 4.78 is 5.73. The monoisotopic (exact) mass is 422 g/mol. The molecule has 156 valence electrons. The molecule has 0 aliphatic carbocycles. The Hall–Kier alpha value is -2.56. The number of benzene rings is 1. The molecule has 0 unspecified atom stereocenters. The first kappa shape index (κ1) is 20.7. The van der Waals surface area contributed by atoms with Crippen molar-refractivity contribution in [3.8, 4) is 6.07 Å². The van der Waals surface area contributed by atoms with Crippen LogP contribution >= 0.6 is 11.8 Å². The summed E-state index contributed by atoms with van der Waals surface area (Å²) in [5.41, 5.74) is 2.66. The van der Waals surface area contributed by atoms with Crippen molar-refractivity contribution in [1.82, 2.24) is 14.8 Å². The minimum Gasteiger partial charge on any atom is -0.439 e. The third-order valence-corrected chi connectivity index (χ3v) is 6.71. The van der Waals surface area contributed by atoms with Crippen LogP contribution in [0.25, 0.3) is 0 Å². The average Bonchev–Trinajstić information content (AvgIpc) is 3.08. The normalized spacial score (nSPS) is 22.7. The van der Waals surface area contributed by atoms with Gasteiger partial charge in [0.05, 0.1) is 17.3 Å². The fourth-order valence-electron chi connectivity index (χ4n) is 4.44. The molecule has 0 N–H and O–H groups in total. The van der Waals surface area contributed by atoms with E-state index in [1.165, 1.54) is 11.8 Å². The lowest BCUT2D eigenvalue weighted by atomic mass is 9.98. The number of nitrogens with zero attached hydrogens (tertiary/aromatic N) is 4. The van der Waals surface area contributed by atoms with Gasteiger partial charge in [0.15, 0.2) is 0 Å². The van der Waals surface area contributed by atoms with Gasteiger partial charge >= 0.3 is 6.09 Å². The number of piperidine rings is 1. The van der Waals surface area contributed by atoms with Gasteiger partial charge in [-0.1, -0.05) is 30.3 Å². The minimum absolute atomic E-state index is 0.0285. The molecule has 0 bridgehead atoms. The molecule has 2 atom stereocenters. The summed E-state index contributed by atoms with van der Waals surface area (Å²) >= 11 is 1.50. The zero-order valence-electron chi connectivity index (χ0n) is 17.3. The molecule has 0 spiro atoms. The number of cyclic esters (lactones) is 1. The number of amides is 1. The molecule has 7 heteroatoms. The number of hydrogen-bond donors (Lipinski definition) is 0. The summed E-state index contributed by atoms with van der Waals surface area (Å²) in [5.74, 6) is 0. The predicted molar refractivity (Wildman–Crippen MR) is 116 cm³/mol. The van der Waals surface area contributed by atoms with E-state index in [9.17, 15) is 10.1 Å². The molecule has 1 amide bonds. The maximum absolute atomic E-state index is 12.6. The van der Waals surface area contributed by atoms with Crippen LogP contribution in [0.2, 0.25) is 0 Å². The number of thioether (sulfide) groups is 1. The molecular weight excluding hydrogens is 396 g/mol. The van der Waals surface area contributed by atoms with E-state index in [1.807, 2.05) is 53.6 Å². The van der Waals surface area contributed by atoms with Gasteiger partial charge in [0.1, 0.15) is 17.2 Å². The lowest BCUT2D eigenvalue weighted by molar-refractivity contribution is 0.105. The van der Waals surface area contributed by atoms with Crippen LogP contribution in [0, 0.1) is 11.3 Å². The van der Waals surface area contributed by atoms with Gasteiger partial charge < -0.3 is 4.74 Å². The third kappa shape index (κ3) is 4.16. The Bertz CT molecular complexity index is 938. The number of aromatic nitrogens is 1. The summed E-state index contributed by atoms with van der Waals surface area (Å²) in [6, 6.07) is 16.2. The second-order valence-electron chi connectivity index (χ2n) is 7.84. The smallest absolute Gasteiger partial charge is 0.411 e. The van der Waals surface area contributed by atoms with Gasteiger partial charge in [0.2, 0.25) is 0 Å². The SMILES string of the molecule is CSc1nc(CN2CCC(N3C(=O)O[C@H](c4ccccc4)[C@@H]3C)CC2)ccc1C#N. The topological polar surface area (TPSA) is 69.5 Å². The highest BCUT2D eigenvalue weighted by Crippen LogP contribution is 2.35. The first-order valence-corrected chi connectivity index (χ1v) is 11.5. The fraction of sp³-hybridized carbons (Fsp3) is 0.435. The summed E-state index contributed by atoms with van der Waals surface area (Å²) in [6.07, 6.45) is 3.38. The molecule has 2 aliphatic heterocycles. The standard InChI is InChI=1S/C23H26N4O2S/c1-16-21(17-6-4-3-5-7-17)29-23(28)27(16)20-10-12-26(13-11-20)15-19-9-8-18(14-24)22(25-19)30-2/h3-9,16,20-21H,10-13,15H2,1-2H3/t16-,21-/m0/s1. The highest BCUT2D eigenvalue weighted by Gasteiger charge is 2.43. The number of nitriles is 1. The van der Waals surface area contributed by atoms with Crippen LogP contribution in [-0.4, -0.2) is 52.3 Å². The fourth-order valence-corrected chi connectivity index (χ4v) is 4.99. The number of rotatable bonds is 5. The number of hydrogen-bond acceptors (Lipinski definition) is 6. The van der Waals surface area contributed by atoms with Crippen LogP contribution in [0.15, 0.2) is 47.5 Å². The first-order chi connectivity index (χ1) is 14.6. The van der Waals surface area contributed by atoms with Crippen LogP contribution < -0.4 is 0 Å². The second kappa shape index (κ2) is 9.07. The van der Waals surface area contributed by atoms with Gasteiger partial charge in [0.25, 0.3) is 0 Å². The predicted octanol–water partition coefficient (Wildman–Crippen LogP) is 4.22. The number of pyridine rings is 1. The van der Waals surface area contributed by atoms with Crippen LogP contribution in [-0.2, 0) is 11.3 Å². The first-order valence-electron chi connectivity index (χ1n) is 10.3. The molecule has 2 saturated heterocycles. The Balaban J connectivity index is 1.37. The Morgan fingerprint density at radius 2 is 1.93 bits per heavy atom. The maximum Gasteiger partial charge on any atom is 0.411 e. The van der Waals surface area contributed by atoms with Crippen LogP contribution in [0.3, 0.4) is 0 Å². The molecule has 1 aromatic heterocycles. The van der Waals surface area contributed by atoms with E-state index in [1.54, 1.807) is 0 Å². The van der Waals surface area contributed by atoms with Crippen molar-refractivity contribution in [2.45, 2.75) is 49.5 Å². The summed E-state index contributed by atoms with van der Waals surface area (Å²) in [6.45, 7) is 4.67. The van der Waals surface area contributed by atoms with E-state index in [0.717, 1.165) is 48.8 Å². The summed E-state index contributed by atoms with van der Waals surface area (Å²) in [4.78, 5) is 21.6. The van der Waals surface area contributed by atoms with Crippen molar-refractivity contribution in [3.05, 3.63) is 59.3 Å². The van der Waals surface area contributed by atoms with E-state index in [4.69, 9.17) is 4.74 Å². The molecule has 0 saturated carbocycles.